The van der Waals surface area contributed by atoms with E-state index in [1.807, 2.05) is 30.3 Å². The Hall–Kier alpha value is -2.70. The first-order valence-corrected chi connectivity index (χ1v) is 7.65. The zero-order chi connectivity index (χ0) is 16.9. The highest BCUT2D eigenvalue weighted by molar-refractivity contribution is 5.92. The van der Waals surface area contributed by atoms with Crippen molar-refractivity contribution in [3.8, 4) is 5.75 Å². The number of nitrogens with one attached hydrogen (secondary N) is 1. The van der Waals surface area contributed by atoms with Crippen LogP contribution >= 0.6 is 0 Å². The van der Waals surface area contributed by atoms with Crippen LogP contribution in [0, 0.1) is 0 Å². The van der Waals surface area contributed by atoms with Crippen molar-refractivity contribution in [3.05, 3.63) is 53.9 Å². The normalized spacial score (nSPS) is 10.8. The topological polar surface area (TPSA) is 87.5 Å². The molecule has 0 fully saturated rings. The van der Waals surface area contributed by atoms with Crippen molar-refractivity contribution in [1.29, 1.82) is 0 Å². The number of benzene rings is 2. The molecule has 0 saturated heterocycles. The molecule has 3 N–H and O–H groups in total. The predicted molar refractivity (Wildman–Crippen MR) is 92.5 cm³/mol. The number of rotatable bonds is 6. The number of aliphatic hydroxyl groups is 2. The van der Waals surface area contributed by atoms with Crippen LogP contribution in [0.5, 0.6) is 5.75 Å². The third-order valence-corrected chi connectivity index (χ3v) is 3.86. The first-order chi connectivity index (χ1) is 11.8. The quantitative estimate of drug-likeness (QED) is 0.645. The first kappa shape index (κ1) is 16.2. The summed E-state index contributed by atoms with van der Waals surface area (Å²) >= 11 is 0. The Labute approximate surface area is 139 Å². The van der Waals surface area contributed by atoms with Gasteiger partial charge in [-0.3, -0.25) is 0 Å². The zero-order valence-electron chi connectivity index (χ0n) is 13.4. The van der Waals surface area contributed by atoms with E-state index in [0.717, 1.165) is 22.2 Å². The largest absolute Gasteiger partial charge is 0.496 e. The maximum Gasteiger partial charge on any atom is 0.141 e. The molecule has 0 saturated carbocycles. The maximum absolute atomic E-state index is 9.45. The Morgan fingerprint density at radius 2 is 1.92 bits per heavy atom. The molecule has 24 heavy (non-hydrogen) atoms. The summed E-state index contributed by atoms with van der Waals surface area (Å²) in [6.07, 6.45) is 2.04. The minimum absolute atomic E-state index is 0.0803. The Bertz CT molecular complexity index is 852. The summed E-state index contributed by atoms with van der Waals surface area (Å²) in [5.74, 6) is 1.24. The van der Waals surface area contributed by atoms with E-state index in [9.17, 15) is 10.2 Å². The van der Waals surface area contributed by atoms with Gasteiger partial charge in [-0.1, -0.05) is 18.2 Å². The second-order valence-corrected chi connectivity index (χ2v) is 5.32. The Morgan fingerprint density at radius 3 is 2.67 bits per heavy atom. The Morgan fingerprint density at radius 1 is 1.08 bits per heavy atom. The lowest BCUT2D eigenvalue weighted by molar-refractivity contribution is 0.274. The molecule has 0 spiro atoms. The lowest BCUT2D eigenvalue weighted by Crippen LogP contribution is -2.02. The van der Waals surface area contributed by atoms with Crippen molar-refractivity contribution in [2.45, 2.75) is 13.0 Å². The van der Waals surface area contributed by atoms with E-state index in [2.05, 4.69) is 15.3 Å². The highest BCUT2D eigenvalue weighted by Gasteiger charge is 2.11. The molecule has 3 rings (SSSR count). The molecule has 1 aromatic heterocycles. The molecule has 0 aliphatic rings. The van der Waals surface area contributed by atoms with E-state index in [1.165, 1.54) is 6.33 Å². The number of ether oxygens (including phenoxy) is 1. The summed E-state index contributed by atoms with van der Waals surface area (Å²) in [7, 11) is 1.56. The van der Waals surface area contributed by atoms with Gasteiger partial charge in [-0.2, -0.15) is 0 Å². The average Bonchev–Trinajstić information content (AvgIpc) is 2.62. The van der Waals surface area contributed by atoms with Crippen molar-refractivity contribution >= 4 is 22.4 Å². The number of fused-ring (bicyclic) bond motifs is 1. The van der Waals surface area contributed by atoms with Crippen LogP contribution in [0.25, 0.3) is 10.9 Å². The minimum Gasteiger partial charge on any atom is -0.496 e. The maximum atomic E-state index is 9.45. The van der Waals surface area contributed by atoms with E-state index in [4.69, 9.17) is 4.74 Å². The molecule has 0 aliphatic heterocycles. The van der Waals surface area contributed by atoms with Crippen LogP contribution in [0.3, 0.4) is 0 Å². The minimum atomic E-state index is -0.120. The summed E-state index contributed by atoms with van der Waals surface area (Å²) < 4.78 is 5.34. The molecule has 0 atom stereocenters. The smallest absolute Gasteiger partial charge is 0.141 e. The van der Waals surface area contributed by atoms with E-state index in [0.29, 0.717) is 23.6 Å². The van der Waals surface area contributed by atoms with Crippen molar-refractivity contribution in [3.63, 3.8) is 0 Å². The number of hydrogen-bond donors (Lipinski definition) is 3. The van der Waals surface area contributed by atoms with E-state index >= 15 is 0 Å². The summed E-state index contributed by atoms with van der Waals surface area (Å²) in [5, 5.41) is 22.8. The van der Waals surface area contributed by atoms with Crippen LogP contribution < -0.4 is 10.1 Å². The van der Waals surface area contributed by atoms with Gasteiger partial charge in [0.15, 0.2) is 0 Å². The Kier molecular flexibility index (Phi) is 4.88. The van der Waals surface area contributed by atoms with Gasteiger partial charge in [0.2, 0.25) is 0 Å². The monoisotopic (exact) mass is 325 g/mol. The SMILES string of the molecule is COc1cc2c(Nc3ccccc3CCO)ncnc2cc1CO. The highest BCUT2D eigenvalue weighted by atomic mass is 16.5. The number of hydrogen-bond acceptors (Lipinski definition) is 6. The molecular weight excluding hydrogens is 306 g/mol. The molecule has 0 amide bonds. The number of methoxy groups -OCH3 is 1. The number of aromatic nitrogens is 2. The lowest BCUT2D eigenvalue weighted by atomic mass is 10.1. The van der Waals surface area contributed by atoms with Crippen LogP contribution in [0.4, 0.5) is 11.5 Å². The van der Waals surface area contributed by atoms with Crippen molar-refractivity contribution in [2.75, 3.05) is 19.0 Å². The third-order valence-electron chi connectivity index (χ3n) is 3.86. The van der Waals surface area contributed by atoms with Crippen LogP contribution in [0.15, 0.2) is 42.7 Å². The van der Waals surface area contributed by atoms with Gasteiger partial charge in [-0.05, 0) is 30.2 Å². The standard InChI is InChI=1S/C18H19N3O3/c1-24-17-9-14-16(8-13(17)10-23)19-11-20-18(14)21-15-5-3-2-4-12(15)6-7-22/h2-5,8-9,11,22-23H,6-7,10H2,1H3,(H,19,20,21). The molecule has 0 bridgehead atoms. The molecule has 124 valence electrons. The second-order valence-electron chi connectivity index (χ2n) is 5.32. The van der Waals surface area contributed by atoms with Crippen molar-refractivity contribution in [1.82, 2.24) is 9.97 Å². The molecule has 3 aromatic rings. The molecule has 6 nitrogen and oxygen atoms in total. The zero-order valence-corrected chi connectivity index (χ0v) is 13.4. The van der Waals surface area contributed by atoms with E-state index < -0.39 is 0 Å². The molecule has 0 aliphatic carbocycles. The van der Waals surface area contributed by atoms with Gasteiger partial charge in [0, 0.05) is 23.2 Å². The summed E-state index contributed by atoms with van der Waals surface area (Å²) in [6.45, 7) is -0.0396. The average molecular weight is 325 g/mol. The molecule has 0 radical (unpaired) electrons. The predicted octanol–water partition coefficient (Wildman–Crippen LogP) is 2.41. The number of anilines is 2. The Balaban J connectivity index is 2.07. The molecule has 2 aromatic carbocycles. The highest BCUT2D eigenvalue weighted by Crippen LogP contribution is 2.30. The lowest BCUT2D eigenvalue weighted by Gasteiger charge is -2.14. The molecule has 6 heteroatoms. The first-order valence-electron chi connectivity index (χ1n) is 7.65. The van der Waals surface area contributed by atoms with Gasteiger partial charge in [0.1, 0.15) is 17.9 Å². The fraction of sp³-hybridized carbons (Fsp3) is 0.222. The number of para-hydroxylation sites is 1. The van der Waals surface area contributed by atoms with Crippen LogP contribution in [0.2, 0.25) is 0 Å². The van der Waals surface area contributed by atoms with Crippen molar-refractivity contribution in [2.24, 2.45) is 0 Å². The van der Waals surface area contributed by atoms with Crippen molar-refractivity contribution < 1.29 is 14.9 Å². The molecular formula is C18H19N3O3. The molecule has 1 heterocycles. The fourth-order valence-corrected chi connectivity index (χ4v) is 2.65. The van der Waals surface area contributed by atoms with Gasteiger partial charge in [0.25, 0.3) is 0 Å². The fourth-order valence-electron chi connectivity index (χ4n) is 2.65. The second kappa shape index (κ2) is 7.25. The van der Waals surface area contributed by atoms with Gasteiger partial charge >= 0.3 is 0 Å². The summed E-state index contributed by atoms with van der Waals surface area (Å²) in [5.41, 5.74) is 3.29. The van der Waals surface area contributed by atoms with Gasteiger partial charge < -0.3 is 20.3 Å². The van der Waals surface area contributed by atoms with Crippen LogP contribution in [-0.4, -0.2) is 33.9 Å². The van der Waals surface area contributed by atoms with Crippen LogP contribution in [-0.2, 0) is 13.0 Å². The third kappa shape index (κ3) is 3.15. The molecule has 0 unspecified atom stereocenters. The summed E-state index contributed by atoms with van der Waals surface area (Å²) in [4.78, 5) is 8.60. The summed E-state index contributed by atoms with van der Waals surface area (Å²) in [6, 6.07) is 11.4. The van der Waals surface area contributed by atoms with Crippen LogP contribution in [0.1, 0.15) is 11.1 Å². The van der Waals surface area contributed by atoms with Gasteiger partial charge in [-0.15, -0.1) is 0 Å². The van der Waals surface area contributed by atoms with Gasteiger partial charge in [-0.25, -0.2) is 9.97 Å². The number of aliphatic hydroxyl groups excluding tert-OH is 2. The van der Waals surface area contributed by atoms with E-state index in [-0.39, 0.29) is 13.2 Å². The number of nitrogens with zero attached hydrogens (tertiary/aromatic N) is 2. The van der Waals surface area contributed by atoms with E-state index in [1.54, 1.807) is 13.2 Å². The van der Waals surface area contributed by atoms with Gasteiger partial charge in [0.05, 0.1) is 19.2 Å².